The van der Waals surface area contributed by atoms with Crippen LogP contribution in [-0.2, 0) is 10.0 Å². The predicted octanol–water partition coefficient (Wildman–Crippen LogP) is 3.67. The van der Waals surface area contributed by atoms with Crippen LogP contribution >= 0.6 is 28.1 Å². The second-order valence-electron chi connectivity index (χ2n) is 5.87. The molecule has 0 unspecified atom stereocenters. The van der Waals surface area contributed by atoms with E-state index >= 15 is 0 Å². The van der Waals surface area contributed by atoms with Crippen molar-refractivity contribution in [2.24, 2.45) is 0 Å². The molecule has 0 fully saturated rings. The Bertz CT molecular complexity index is 1140. The van der Waals surface area contributed by atoms with Crippen molar-refractivity contribution in [3.05, 3.63) is 70.4 Å². The molecular formula is C18H15BrN4O4S2. The highest BCUT2D eigenvalue weighted by atomic mass is 79.9. The first-order chi connectivity index (χ1) is 13.7. The monoisotopic (exact) mass is 494 g/mol. The smallest absolute Gasteiger partial charge is 0.263 e. The Morgan fingerprint density at radius 2 is 1.76 bits per heavy atom. The van der Waals surface area contributed by atoms with Crippen LogP contribution in [0.15, 0.2) is 68.5 Å². The predicted molar refractivity (Wildman–Crippen MR) is 116 cm³/mol. The summed E-state index contributed by atoms with van der Waals surface area (Å²) in [6.45, 7) is 1.66. The molecule has 1 heterocycles. The van der Waals surface area contributed by atoms with Gasteiger partial charge in [-0.05, 0) is 67.7 Å². The van der Waals surface area contributed by atoms with Gasteiger partial charge in [-0.25, -0.2) is 8.42 Å². The first-order valence-corrected chi connectivity index (χ1v) is 10.9. The lowest BCUT2D eigenvalue weighted by Gasteiger charge is -2.10. The fourth-order valence-electron chi connectivity index (χ4n) is 2.27. The van der Waals surface area contributed by atoms with Crippen LogP contribution in [0.1, 0.15) is 16.1 Å². The molecule has 0 spiro atoms. The highest BCUT2D eigenvalue weighted by molar-refractivity contribution is 9.10. The maximum Gasteiger partial charge on any atom is 0.263 e. The molecule has 1 amide bonds. The van der Waals surface area contributed by atoms with Crippen LogP contribution in [0.3, 0.4) is 0 Å². The quantitative estimate of drug-likeness (QED) is 0.463. The molecule has 0 aliphatic carbocycles. The van der Waals surface area contributed by atoms with Gasteiger partial charge >= 0.3 is 0 Å². The Kier molecular flexibility index (Phi) is 6.30. The summed E-state index contributed by atoms with van der Waals surface area (Å²) < 4.78 is 32.8. The lowest BCUT2D eigenvalue weighted by atomic mass is 10.2. The maximum atomic E-state index is 12.4. The molecule has 11 heteroatoms. The van der Waals surface area contributed by atoms with Crippen molar-refractivity contribution in [3.8, 4) is 0 Å². The van der Waals surface area contributed by atoms with E-state index in [1.807, 2.05) is 0 Å². The van der Waals surface area contributed by atoms with E-state index in [1.54, 1.807) is 31.2 Å². The molecule has 3 aromatic rings. The first kappa shape index (κ1) is 21.0. The van der Waals surface area contributed by atoms with E-state index in [0.717, 1.165) is 4.47 Å². The number of sulfonamides is 1. The van der Waals surface area contributed by atoms with E-state index in [2.05, 4.69) is 36.4 Å². The molecule has 1 aromatic heterocycles. The average Bonchev–Trinajstić information content (AvgIpc) is 3.06. The van der Waals surface area contributed by atoms with E-state index in [-0.39, 0.29) is 21.7 Å². The van der Waals surface area contributed by atoms with Crippen LogP contribution in [0, 0.1) is 6.92 Å². The minimum Gasteiger partial charge on any atom is -0.360 e. The summed E-state index contributed by atoms with van der Waals surface area (Å²) in [6.07, 6.45) is 0. The minimum absolute atomic E-state index is 0.0357. The number of nitrogens with one attached hydrogen (secondary N) is 3. The molecule has 0 saturated heterocycles. The molecule has 0 saturated carbocycles. The number of hydrogen-bond acceptors (Lipinski definition) is 6. The Balaban J connectivity index is 1.61. The fraction of sp³-hybridized carbons (Fsp3) is 0.0556. The Hall–Kier alpha value is -2.76. The van der Waals surface area contributed by atoms with Crippen LogP contribution in [0.4, 0.5) is 11.5 Å². The van der Waals surface area contributed by atoms with Crippen LogP contribution in [0.25, 0.3) is 0 Å². The van der Waals surface area contributed by atoms with Crippen molar-refractivity contribution < 1.29 is 17.7 Å². The number of carbonyl (C=O) groups is 1. The van der Waals surface area contributed by atoms with Gasteiger partial charge in [-0.2, -0.15) is 0 Å². The first-order valence-electron chi connectivity index (χ1n) is 8.17. The van der Waals surface area contributed by atoms with Gasteiger partial charge in [-0.3, -0.25) is 14.8 Å². The van der Waals surface area contributed by atoms with Crippen molar-refractivity contribution in [1.29, 1.82) is 0 Å². The van der Waals surface area contributed by atoms with Crippen LogP contribution in [0.5, 0.6) is 0 Å². The van der Waals surface area contributed by atoms with Gasteiger partial charge in [-0.1, -0.05) is 21.1 Å². The lowest BCUT2D eigenvalue weighted by Crippen LogP contribution is -2.34. The Labute approximate surface area is 180 Å². The topological polar surface area (TPSA) is 113 Å². The number of carbonyl (C=O) groups excluding carboxylic acids is 1. The standard InChI is InChI=1S/C18H15BrN4O4S2/c1-11-10-16(22-27-11)23-29(25,26)15-8-6-14(7-9-15)20-18(28)21-17(24)12-2-4-13(19)5-3-12/h2-10H,1H3,(H,22,23)(H2,20,21,24,28). The molecule has 3 N–H and O–H groups in total. The third-order valence-corrected chi connectivity index (χ3v) is 5.73. The number of thiocarbonyl (C=S) groups is 1. The summed E-state index contributed by atoms with van der Waals surface area (Å²) in [6, 6.07) is 14.1. The largest absolute Gasteiger partial charge is 0.360 e. The highest BCUT2D eigenvalue weighted by Crippen LogP contribution is 2.18. The van der Waals surface area contributed by atoms with E-state index in [0.29, 0.717) is 17.0 Å². The summed E-state index contributed by atoms with van der Waals surface area (Å²) >= 11 is 8.44. The van der Waals surface area contributed by atoms with Gasteiger partial charge in [-0.15, -0.1) is 0 Å². The highest BCUT2D eigenvalue weighted by Gasteiger charge is 2.16. The third-order valence-electron chi connectivity index (χ3n) is 3.62. The number of halogens is 1. The average molecular weight is 495 g/mol. The summed E-state index contributed by atoms with van der Waals surface area (Å²) in [5, 5.41) is 9.08. The van der Waals surface area contributed by atoms with Gasteiger partial charge < -0.3 is 9.84 Å². The van der Waals surface area contributed by atoms with E-state index in [4.69, 9.17) is 16.7 Å². The molecule has 3 rings (SSSR count). The molecule has 0 aliphatic rings. The van der Waals surface area contributed by atoms with Gasteiger partial charge in [0, 0.05) is 21.8 Å². The van der Waals surface area contributed by atoms with Crippen molar-refractivity contribution in [1.82, 2.24) is 10.5 Å². The number of nitrogens with zero attached hydrogens (tertiary/aromatic N) is 1. The van der Waals surface area contributed by atoms with Crippen molar-refractivity contribution in [3.63, 3.8) is 0 Å². The number of aromatic nitrogens is 1. The maximum absolute atomic E-state index is 12.4. The summed E-state index contributed by atoms with van der Waals surface area (Å²) in [7, 11) is -3.81. The molecule has 29 heavy (non-hydrogen) atoms. The number of aryl methyl sites for hydroxylation is 1. The third kappa shape index (κ3) is 5.62. The Morgan fingerprint density at radius 1 is 1.10 bits per heavy atom. The van der Waals surface area contributed by atoms with Crippen molar-refractivity contribution in [2.45, 2.75) is 11.8 Å². The number of hydrogen-bond donors (Lipinski definition) is 3. The van der Waals surface area contributed by atoms with Gasteiger partial charge in [0.2, 0.25) is 0 Å². The number of amides is 1. The molecule has 0 atom stereocenters. The van der Waals surface area contributed by atoms with Gasteiger partial charge in [0.25, 0.3) is 15.9 Å². The van der Waals surface area contributed by atoms with E-state index < -0.39 is 10.0 Å². The van der Waals surface area contributed by atoms with Gasteiger partial charge in [0.15, 0.2) is 10.9 Å². The minimum atomic E-state index is -3.81. The SMILES string of the molecule is Cc1cc(NS(=O)(=O)c2ccc(NC(=S)NC(=O)c3ccc(Br)cc3)cc2)no1. The van der Waals surface area contributed by atoms with Crippen molar-refractivity contribution >= 4 is 60.7 Å². The molecule has 2 aromatic carbocycles. The molecule has 0 bridgehead atoms. The summed E-state index contributed by atoms with van der Waals surface area (Å²) in [4.78, 5) is 12.2. The van der Waals surface area contributed by atoms with E-state index in [9.17, 15) is 13.2 Å². The van der Waals surface area contributed by atoms with Crippen LogP contribution in [0.2, 0.25) is 0 Å². The molecule has 8 nitrogen and oxygen atoms in total. The Morgan fingerprint density at radius 3 is 2.34 bits per heavy atom. The normalized spacial score (nSPS) is 11.0. The van der Waals surface area contributed by atoms with Gasteiger partial charge in [0.1, 0.15) is 5.76 Å². The van der Waals surface area contributed by atoms with Crippen LogP contribution < -0.4 is 15.4 Å². The van der Waals surface area contributed by atoms with Crippen LogP contribution in [-0.4, -0.2) is 24.6 Å². The lowest BCUT2D eigenvalue weighted by molar-refractivity contribution is 0.0977. The second kappa shape index (κ2) is 8.72. The van der Waals surface area contributed by atoms with Crippen molar-refractivity contribution in [2.75, 3.05) is 10.0 Å². The number of rotatable bonds is 5. The molecule has 0 radical (unpaired) electrons. The fourth-order valence-corrected chi connectivity index (χ4v) is 3.73. The molecule has 150 valence electrons. The second-order valence-corrected chi connectivity index (χ2v) is 8.87. The number of anilines is 2. The zero-order chi connectivity index (χ0) is 21.0. The zero-order valence-corrected chi connectivity index (χ0v) is 18.2. The zero-order valence-electron chi connectivity index (χ0n) is 15.0. The summed E-state index contributed by atoms with van der Waals surface area (Å²) in [5.41, 5.74) is 0.968. The molecular weight excluding hydrogens is 480 g/mol. The van der Waals surface area contributed by atoms with Gasteiger partial charge in [0.05, 0.1) is 4.90 Å². The number of benzene rings is 2. The molecule has 0 aliphatic heterocycles. The summed E-state index contributed by atoms with van der Waals surface area (Å²) in [5.74, 6) is 0.226. The van der Waals surface area contributed by atoms with E-state index in [1.165, 1.54) is 30.3 Å².